The van der Waals surface area contributed by atoms with E-state index in [1.807, 2.05) is 90.0 Å². The average Bonchev–Trinajstić information content (AvgIpc) is 3.43. The molecule has 3 aromatic rings. The van der Waals surface area contributed by atoms with Gasteiger partial charge < -0.3 is 4.90 Å². The molecule has 0 aliphatic carbocycles. The fourth-order valence-corrected chi connectivity index (χ4v) is 5.83. The second-order valence-corrected chi connectivity index (χ2v) is 9.01. The molecule has 3 atom stereocenters. The van der Waals surface area contributed by atoms with Crippen LogP contribution in [-0.4, -0.2) is 17.9 Å². The number of carbonyl (C=O) groups is 1. The van der Waals surface area contributed by atoms with Crippen molar-refractivity contribution in [1.82, 2.24) is 0 Å². The van der Waals surface area contributed by atoms with Gasteiger partial charge in [0, 0.05) is 16.1 Å². The van der Waals surface area contributed by atoms with Gasteiger partial charge in [0.25, 0.3) is 0 Å². The Hall–Kier alpha value is -3.67. The van der Waals surface area contributed by atoms with Gasteiger partial charge in [-0.2, -0.15) is 10.5 Å². The highest BCUT2D eigenvalue weighted by Crippen LogP contribution is 2.56. The second-order valence-electron chi connectivity index (χ2n) is 8.03. The fraction of sp³-hybridized carbons (Fsp3) is 0.192. The van der Waals surface area contributed by atoms with Crippen LogP contribution in [0.2, 0.25) is 0 Å². The summed E-state index contributed by atoms with van der Waals surface area (Å²) >= 11 is 1.49. The van der Waals surface area contributed by atoms with E-state index in [0.29, 0.717) is 5.56 Å². The summed E-state index contributed by atoms with van der Waals surface area (Å²) in [7, 11) is 0. The van der Waals surface area contributed by atoms with Crippen molar-refractivity contribution in [3.63, 3.8) is 0 Å². The summed E-state index contributed by atoms with van der Waals surface area (Å²) in [6.07, 6.45) is 3.88. The zero-order valence-electron chi connectivity index (χ0n) is 16.9. The molecule has 1 saturated heterocycles. The molecule has 2 aromatic carbocycles. The first-order valence-electron chi connectivity index (χ1n) is 10.1. The van der Waals surface area contributed by atoms with E-state index < -0.39 is 23.4 Å². The molecule has 5 heteroatoms. The maximum atomic E-state index is 14.0. The topological polar surface area (TPSA) is 67.9 Å². The molecule has 2 aliphatic heterocycles. The fourth-order valence-electron chi connectivity index (χ4n) is 4.90. The molecule has 0 radical (unpaired) electrons. The van der Waals surface area contributed by atoms with Crippen LogP contribution in [0.4, 0.5) is 5.69 Å². The molecular formula is C26H19N3OS. The lowest BCUT2D eigenvalue weighted by molar-refractivity contribution is 0.0951. The van der Waals surface area contributed by atoms with E-state index in [4.69, 9.17) is 0 Å². The largest absolute Gasteiger partial charge is 0.351 e. The molecule has 2 aliphatic rings. The minimum absolute atomic E-state index is 0.0686. The minimum Gasteiger partial charge on any atom is -0.351 e. The molecular weight excluding hydrogens is 402 g/mol. The molecule has 1 aromatic heterocycles. The Bertz CT molecular complexity index is 1250. The Labute approximate surface area is 185 Å². The standard InChI is InChI=1S/C26H19N3OS/c1-17-8-10-19(11-9-17)25(30)24-23(21-7-4-14-31-21)26(15-27,16-28)22-13-12-18-5-2-3-6-20(18)29(22)24/h2-14,22-24H,1H3/t22-,23+,24-/m1/s1. The average molecular weight is 422 g/mol. The summed E-state index contributed by atoms with van der Waals surface area (Å²) < 4.78 is 0. The number of hydrogen-bond donors (Lipinski definition) is 0. The lowest BCUT2D eigenvalue weighted by Crippen LogP contribution is -2.44. The molecule has 4 nitrogen and oxygen atoms in total. The summed E-state index contributed by atoms with van der Waals surface area (Å²) in [5.41, 5.74) is 2.16. The zero-order valence-corrected chi connectivity index (χ0v) is 17.7. The molecule has 31 heavy (non-hydrogen) atoms. The van der Waals surface area contributed by atoms with Crippen LogP contribution in [0.25, 0.3) is 6.08 Å². The third kappa shape index (κ3) is 2.75. The van der Waals surface area contributed by atoms with Crippen molar-refractivity contribution in [2.45, 2.75) is 24.9 Å². The van der Waals surface area contributed by atoms with Crippen LogP contribution in [0, 0.1) is 35.0 Å². The van der Waals surface area contributed by atoms with Gasteiger partial charge in [-0.1, -0.05) is 66.2 Å². The molecule has 0 N–H and O–H groups in total. The molecule has 150 valence electrons. The lowest BCUT2D eigenvalue weighted by Gasteiger charge is -2.35. The van der Waals surface area contributed by atoms with E-state index in [-0.39, 0.29) is 5.78 Å². The monoisotopic (exact) mass is 421 g/mol. The van der Waals surface area contributed by atoms with Gasteiger partial charge in [-0.3, -0.25) is 4.79 Å². The van der Waals surface area contributed by atoms with Crippen LogP contribution < -0.4 is 4.90 Å². The van der Waals surface area contributed by atoms with Crippen LogP contribution in [0.3, 0.4) is 0 Å². The maximum absolute atomic E-state index is 14.0. The van der Waals surface area contributed by atoms with E-state index in [1.54, 1.807) is 0 Å². The number of benzene rings is 2. The number of carbonyl (C=O) groups excluding carboxylic acids is 1. The van der Waals surface area contributed by atoms with Gasteiger partial charge in [0.05, 0.1) is 24.1 Å². The number of nitriles is 2. The Morgan fingerprint density at radius 3 is 2.45 bits per heavy atom. The number of hydrogen-bond acceptors (Lipinski definition) is 5. The first-order chi connectivity index (χ1) is 15.1. The maximum Gasteiger partial charge on any atom is 0.185 e. The number of Topliss-reactive ketones (excluding diaryl/α,β-unsaturated/α-hetero) is 1. The molecule has 0 amide bonds. The first-order valence-corrected chi connectivity index (χ1v) is 11.0. The summed E-state index contributed by atoms with van der Waals surface area (Å²) in [5.74, 6) is -0.627. The number of fused-ring (bicyclic) bond motifs is 3. The molecule has 0 bridgehead atoms. The molecule has 1 fully saturated rings. The van der Waals surface area contributed by atoms with Crippen LogP contribution in [-0.2, 0) is 0 Å². The second kappa shape index (κ2) is 7.23. The Balaban J connectivity index is 1.77. The van der Waals surface area contributed by atoms with Gasteiger partial charge in [-0.15, -0.1) is 11.3 Å². The van der Waals surface area contributed by atoms with Crippen molar-refractivity contribution >= 4 is 28.9 Å². The van der Waals surface area contributed by atoms with Crippen molar-refractivity contribution in [2.24, 2.45) is 5.41 Å². The van der Waals surface area contributed by atoms with Gasteiger partial charge in [-0.25, -0.2) is 0 Å². The quantitative estimate of drug-likeness (QED) is 0.535. The Kier molecular flexibility index (Phi) is 4.50. The SMILES string of the molecule is Cc1ccc(C(=O)[C@H]2[C@H](c3cccs3)C(C#N)(C#N)[C@H]3C=Cc4ccccc4N23)cc1. The van der Waals surface area contributed by atoms with Crippen molar-refractivity contribution in [1.29, 1.82) is 10.5 Å². The van der Waals surface area contributed by atoms with Gasteiger partial charge >= 0.3 is 0 Å². The van der Waals surface area contributed by atoms with Crippen molar-refractivity contribution in [2.75, 3.05) is 4.90 Å². The molecule has 0 saturated carbocycles. The molecule has 5 rings (SSSR count). The summed E-state index contributed by atoms with van der Waals surface area (Å²) in [5, 5.41) is 22.6. The highest BCUT2D eigenvalue weighted by molar-refractivity contribution is 7.10. The molecule has 0 unspecified atom stereocenters. The van der Waals surface area contributed by atoms with Crippen LogP contribution in [0.5, 0.6) is 0 Å². The highest BCUT2D eigenvalue weighted by Gasteiger charge is 2.63. The van der Waals surface area contributed by atoms with Crippen molar-refractivity contribution in [3.05, 3.63) is 93.7 Å². The van der Waals surface area contributed by atoms with Crippen molar-refractivity contribution < 1.29 is 4.79 Å². The lowest BCUT2D eigenvalue weighted by atomic mass is 9.71. The van der Waals surface area contributed by atoms with E-state index in [9.17, 15) is 15.3 Å². The van der Waals surface area contributed by atoms with Crippen LogP contribution in [0.1, 0.15) is 32.3 Å². The van der Waals surface area contributed by atoms with Gasteiger partial charge in [0.15, 0.2) is 11.2 Å². The van der Waals surface area contributed by atoms with Gasteiger partial charge in [-0.05, 0) is 30.0 Å². The van der Waals surface area contributed by atoms with Crippen molar-refractivity contribution in [3.8, 4) is 12.1 Å². The number of ketones is 1. The van der Waals surface area contributed by atoms with E-state index in [0.717, 1.165) is 21.7 Å². The first kappa shape index (κ1) is 19.3. The number of anilines is 1. The molecule has 3 heterocycles. The highest BCUT2D eigenvalue weighted by atomic mass is 32.1. The third-order valence-electron chi connectivity index (χ3n) is 6.37. The normalized spacial score (nSPS) is 22.8. The van der Waals surface area contributed by atoms with Crippen LogP contribution in [0.15, 0.2) is 72.1 Å². The van der Waals surface area contributed by atoms with E-state index in [1.165, 1.54) is 11.3 Å². The van der Waals surface area contributed by atoms with Gasteiger partial charge in [0.1, 0.15) is 6.04 Å². The van der Waals surface area contributed by atoms with E-state index >= 15 is 0 Å². The Morgan fingerprint density at radius 2 is 1.77 bits per heavy atom. The number of thiophene rings is 1. The summed E-state index contributed by atoms with van der Waals surface area (Å²) in [6, 6.07) is 22.7. The van der Waals surface area contributed by atoms with Crippen LogP contribution >= 0.6 is 11.3 Å². The smallest absolute Gasteiger partial charge is 0.185 e. The summed E-state index contributed by atoms with van der Waals surface area (Å²) in [6.45, 7) is 1.98. The number of aryl methyl sites for hydroxylation is 1. The minimum atomic E-state index is -1.38. The number of para-hydroxylation sites is 1. The third-order valence-corrected chi connectivity index (χ3v) is 7.33. The zero-order chi connectivity index (χ0) is 21.6. The van der Waals surface area contributed by atoms with Gasteiger partial charge in [0.2, 0.25) is 0 Å². The molecule has 0 spiro atoms. The number of rotatable bonds is 3. The van der Waals surface area contributed by atoms with E-state index in [2.05, 4.69) is 12.1 Å². The predicted molar refractivity (Wildman–Crippen MR) is 122 cm³/mol. The number of nitrogens with zero attached hydrogens (tertiary/aromatic N) is 3. The summed E-state index contributed by atoms with van der Waals surface area (Å²) in [4.78, 5) is 16.9. The Morgan fingerprint density at radius 1 is 1.03 bits per heavy atom. The predicted octanol–water partition coefficient (Wildman–Crippen LogP) is 5.34.